The lowest BCUT2D eigenvalue weighted by Gasteiger charge is -2.02. The minimum atomic E-state index is -0.739. The van der Waals surface area contributed by atoms with Crippen molar-refractivity contribution >= 4 is 22.5 Å². The van der Waals surface area contributed by atoms with Gasteiger partial charge >= 0.3 is 0 Å². The van der Waals surface area contributed by atoms with Gasteiger partial charge in [0.15, 0.2) is 5.82 Å². The van der Waals surface area contributed by atoms with Crippen LogP contribution in [-0.4, -0.2) is 15.1 Å². The average molecular weight is 215 g/mol. The Balaban J connectivity index is 3.07. The van der Waals surface area contributed by atoms with E-state index < -0.39 is 11.4 Å². The van der Waals surface area contributed by atoms with Crippen LogP contribution in [0.1, 0.15) is 0 Å². The summed E-state index contributed by atoms with van der Waals surface area (Å²) in [5.41, 5.74) is -0.744. The Bertz CT molecular complexity index is 567. The molecular formula is C8H4ClFN2O2. The third-order valence-electron chi connectivity index (χ3n) is 1.76. The van der Waals surface area contributed by atoms with Gasteiger partial charge < -0.3 is 10.1 Å². The second-order valence-corrected chi connectivity index (χ2v) is 3.02. The van der Waals surface area contributed by atoms with E-state index in [0.29, 0.717) is 0 Å². The first-order chi connectivity index (χ1) is 6.59. The van der Waals surface area contributed by atoms with E-state index in [-0.39, 0.29) is 21.8 Å². The summed E-state index contributed by atoms with van der Waals surface area (Å²) in [6.07, 6.45) is 0.875. The molecule has 2 rings (SSSR count). The van der Waals surface area contributed by atoms with Gasteiger partial charge in [-0.3, -0.25) is 4.79 Å². The van der Waals surface area contributed by atoms with Crippen molar-refractivity contribution in [3.8, 4) is 5.75 Å². The molecule has 72 valence electrons. The van der Waals surface area contributed by atoms with Crippen LogP contribution < -0.4 is 5.56 Å². The summed E-state index contributed by atoms with van der Waals surface area (Å²) in [5, 5.41) is 9.29. The van der Waals surface area contributed by atoms with Crippen LogP contribution in [0, 0.1) is 5.82 Å². The molecule has 0 aromatic carbocycles. The lowest BCUT2D eigenvalue weighted by molar-refractivity contribution is 0.480. The fourth-order valence-corrected chi connectivity index (χ4v) is 1.42. The average Bonchev–Trinajstić information content (AvgIpc) is 2.10. The van der Waals surface area contributed by atoms with Crippen LogP contribution in [0.25, 0.3) is 10.9 Å². The number of aromatic hydroxyl groups is 1. The number of hydrogen-bond donors (Lipinski definition) is 2. The number of fused-ring (bicyclic) bond motifs is 1. The molecule has 0 saturated carbocycles. The molecule has 0 saturated heterocycles. The molecule has 0 fully saturated rings. The van der Waals surface area contributed by atoms with Gasteiger partial charge in [-0.25, -0.2) is 9.37 Å². The van der Waals surface area contributed by atoms with E-state index in [4.69, 9.17) is 11.6 Å². The van der Waals surface area contributed by atoms with E-state index in [1.165, 1.54) is 0 Å². The maximum Gasteiger partial charge on any atom is 0.252 e. The van der Waals surface area contributed by atoms with Crippen LogP contribution in [-0.2, 0) is 0 Å². The fraction of sp³-hybridized carbons (Fsp3) is 0. The summed E-state index contributed by atoms with van der Waals surface area (Å²) in [7, 11) is 0. The smallest absolute Gasteiger partial charge is 0.252 e. The van der Waals surface area contributed by atoms with Gasteiger partial charge in [0, 0.05) is 6.07 Å². The van der Waals surface area contributed by atoms with Crippen LogP contribution in [0.2, 0.25) is 5.15 Å². The van der Waals surface area contributed by atoms with E-state index in [2.05, 4.69) is 9.97 Å². The quantitative estimate of drug-likeness (QED) is 0.652. The van der Waals surface area contributed by atoms with Crippen molar-refractivity contribution in [2.24, 2.45) is 0 Å². The highest BCUT2D eigenvalue weighted by molar-refractivity contribution is 6.34. The molecule has 0 radical (unpaired) electrons. The topological polar surface area (TPSA) is 66.0 Å². The van der Waals surface area contributed by atoms with Crippen molar-refractivity contribution in [1.82, 2.24) is 9.97 Å². The number of nitrogens with zero attached hydrogens (tertiary/aromatic N) is 1. The molecule has 0 spiro atoms. The largest absolute Gasteiger partial charge is 0.507 e. The molecule has 0 atom stereocenters. The number of rotatable bonds is 0. The van der Waals surface area contributed by atoms with Gasteiger partial charge in [0.25, 0.3) is 5.56 Å². The molecule has 0 bridgehead atoms. The second kappa shape index (κ2) is 2.95. The molecule has 14 heavy (non-hydrogen) atoms. The highest BCUT2D eigenvalue weighted by Gasteiger charge is 2.11. The first kappa shape index (κ1) is 8.96. The molecule has 0 aliphatic rings. The summed E-state index contributed by atoms with van der Waals surface area (Å²) < 4.78 is 13.1. The number of H-pyrrole nitrogens is 1. The third-order valence-corrected chi connectivity index (χ3v) is 2.05. The molecule has 0 aliphatic carbocycles. The molecule has 2 N–H and O–H groups in total. The highest BCUT2D eigenvalue weighted by Crippen LogP contribution is 2.28. The van der Waals surface area contributed by atoms with Gasteiger partial charge in [-0.1, -0.05) is 11.6 Å². The number of pyridine rings is 2. The van der Waals surface area contributed by atoms with Crippen LogP contribution in [0.4, 0.5) is 4.39 Å². The van der Waals surface area contributed by atoms with Crippen molar-refractivity contribution in [3.63, 3.8) is 0 Å². The first-order valence-electron chi connectivity index (χ1n) is 3.65. The van der Waals surface area contributed by atoms with E-state index in [1.54, 1.807) is 0 Å². The zero-order chi connectivity index (χ0) is 10.3. The van der Waals surface area contributed by atoms with Crippen LogP contribution in [0.3, 0.4) is 0 Å². The van der Waals surface area contributed by atoms with E-state index in [0.717, 1.165) is 12.3 Å². The van der Waals surface area contributed by atoms with Gasteiger partial charge in [0.1, 0.15) is 10.9 Å². The Kier molecular flexibility index (Phi) is 1.89. The Morgan fingerprint density at radius 1 is 1.57 bits per heavy atom. The van der Waals surface area contributed by atoms with Gasteiger partial charge in [0.05, 0.1) is 17.1 Å². The molecule has 2 heterocycles. The zero-order valence-corrected chi connectivity index (χ0v) is 7.47. The molecule has 6 heteroatoms. The Labute approximate surface area is 82.0 Å². The summed E-state index contributed by atoms with van der Waals surface area (Å²) >= 11 is 5.63. The SMILES string of the molecule is O=c1cc(O)c2c(Cl)ncc(F)c2[nH]1. The normalized spacial score (nSPS) is 10.7. The van der Waals surface area contributed by atoms with E-state index in [1.807, 2.05) is 0 Å². The predicted octanol–water partition coefficient (Wildman–Crippen LogP) is 1.42. The number of aromatic amines is 1. The van der Waals surface area contributed by atoms with Gasteiger partial charge in [-0.05, 0) is 0 Å². The zero-order valence-electron chi connectivity index (χ0n) is 6.71. The number of halogens is 2. The predicted molar refractivity (Wildman–Crippen MR) is 49.0 cm³/mol. The number of aromatic nitrogens is 2. The summed E-state index contributed by atoms with van der Waals surface area (Å²) in [4.78, 5) is 16.7. The first-order valence-corrected chi connectivity index (χ1v) is 4.03. The Hall–Kier alpha value is -1.62. The monoisotopic (exact) mass is 214 g/mol. The van der Waals surface area contributed by atoms with E-state index >= 15 is 0 Å². The minimum absolute atomic E-state index is 0.00580. The second-order valence-electron chi connectivity index (χ2n) is 2.67. The Morgan fingerprint density at radius 2 is 2.29 bits per heavy atom. The van der Waals surface area contributed by atoms with Crippen molar-refractivity contribution in [2.75, 3.05) is 0 Å². The minimum Gasteiger partial charge on any atom is -0.507 e. The summed E-state index contributed by atoms with van der Waals surface area (Å²) in [6, 6.07) is 0.912. The molecule has 2 aromatic rings. The number of hydrogen-bond acceptors (Lipinski definition) is 3. The van der Waals surface area contributed by atoms with Crippen molar-refractivity contribution in [3.05, 3.63) is 33.6 Å². The summed E-state index contributed by atoms with van der Waals surface area (Å²) in [5.74, 6) is -1.13. The number of nitrogens with one attached hydrogen (secondary N) is 1. The lowest BCUT2D eigenvalue weighted by atomic mass is 10.2. The van der Waals surface area contributed by atoms with Gasteiger partial charge in [0.2, 0.25) is 0 Å². The maximum absolute atomic E-state index is 13.1. The standard InChI is InChI=1S/C8H4ClFN2O2/c9-8-6-4(13)1-5(14)12-7(6)3(10)2-11-8/h1-2H,(H2,12,13,14). The molecular weight excluding hydrogens is 211 g/mol. The molecule has 0 unspecified atom stereocenters. The highest BCUT2D eigenvalue weighted by atomic mass is 35.5. The molecule has 2 aromatic heterocycles. The lowest BCUT2D eigenvalue weighted by Crippen LogP contribution is -2.05. The van der Waals surface area contributed by atoms with E-state index in [9.17, 15) is 14.3 Å². The van der Waals surface area contributed by atoms with Crippen molar-refractivity contribution < 1.29 is 9.50 Å². The van der Waals surface area contributed by atoms with Gasteiger partial charge in [-0.15, -0.1) is 0 Å². The molecule has 4 nitrogen and oxygen atoms in total. The van der Waals surface area contributed by atoms with Crippen molar-refractivity contribution in [1.29, 1.82) is 0 Å². The fourth-order valence-electron chi connectivity index (χ4n) is 1.18. The molecule has 0 aliphatic heterocycles. The van der Waals surface area contributed by atoms with Crippen LogP contribution >= 0.6 is 11.6 Å². The van der Waals surface area contributed by atoms with Crippen LogP contribution in [0.15, 0.2) is 17.1 Å². The maximum atomic E-state index is 13.1. The third kappa shape index (κ3) is 1.22. The molecule has 0 amide bonds. The van der Waals surface area contributed by atoms with Crippen molar-refractivity contribution in [2.45, 2.75) is 0 Å². The Morgan fingerprint density at radius 3 is 3.00 bits per heavy atom. The van der Waals surface area contributed by atoms with Crippen LogP contribution in [0.5, 0.6) is 5.75 Å². The summed E-state index contributed by atoms with van der Waals surface area (Å²) in [6.45, 7) is 0. The van der Waals surface area contributed by atoms with Gasteiger partial charge in [-0.2, -0.15) is 0 Å².